The molecule has 0 bridgehead atoms. The number of nitrogens with one attached hydrogen (secondary N) is 1. The van der Waals surface area contributed by atoms with Crippen LogP contribution in [0.25, 0.3) is 11.1 Å². The van der Waals surface area contributed by atoms with Crippen molar-refractivity contribution >= 4 is 0 Å². The number of rotatable bonds is 7. The minimum Gasteiger partial charge on any atom is -0.508 e. The fraction of sp³-hybridized carbons (Fsp3) is 0.200. The van der Waals surface area contributed by atoms with Crippen molar-refractivity contribution in [2.24, 2.45) is 0 Å². The summed E-state index contributed by atoms with van der Waals surface area (Å²) in [5, 5.41) is 23.6. The van der Waals surface area contributed by atoms with Crippen molar-refractivity contribution in [3.63, 3.8) is 0 Å². The van der Waals surface area contributed by atoms with Crippen LogP contribution in [0.15, 0.2) is 55.6 Å². The van der Waals surface area contributed by atoms with Crippen LogP contribution in [-0.4, -0.2) is 17.3 Å². The first-order chi connectivity index (χ1) is 11.1. The highest BCUT2D eigenvalue weighted by Gasteiger charge is 2.13. The Balaban J connectivity index is 2.58. The van der Waals surface area contributed by atoms with E-state index < -0.39 is 0 Å². The van der Waals surface area contributed by atoms with Crippen LogP contribution in [0.4, 0.5) is 0 Å². The molecule has 0 fully saturated rings. The number of hydrogen-bond donors (Lipinski definition) is 3. The van der Waals surface area contributed by atoms with Gasteiger partial charge < -0.3 is 15.5 Å². The molecule has 0 aliphatic rings. The maximum absolute atomic E-state index is 10.6. The summed E-state index contributed by atoms with van der Waals surface area (Å²) in [6.07, 6.45) is 4.91. The van der Waals surface area contributed by atoms with Crippen molar-refractivity contribution < 1.29 is 10.2 Å². The van der Waals surface area contributed by atoms with Gasteiger partial charge in [-0.15, -0.1) is 13.2 Å². The molecule has 120 valence electrons. The average molecular weight is 309 g/mol. The zero-order valence-electron chi connectivity index (χ0n) is 13.5. The van der Waals surface area contributed by atoms with Crippen LogP contribution in [0, 0.1) is 0 Å². The predicted octanol–water partition coefficient (Wildman–Crippen LogP) is 3.94. The molecular formula is C20H23NO2. The van der Waals surface area contributed by atoms with Crippen molar-refractivity contribution in [3.8, 4) is 22.6 Å². The minimum atomic E-state index is 0.242. The second kappa shape index (κ2) is 7.65. The second-order valence-corrected chi connectivity index (χ2v) is 5.51. The number of hydrogen-bond acceptors (Lipinski definition) is 3. The Morgan fingerprint density at radius 2 is 1.74 bits per heavy atom. The molecule has 0 unspecified atom stereocenters. The third kappa shape index (κ3) is 3.82. The van der Waals surface area contributed by atoms with Gasteiger partial charge in [0.2, 0.25) is 0 Å². The lowest BCUT2D eigenvalue weighted by Gasteiger charge is -2.14. The van der Waals surface area contributed by atoms with E-state index in [1.807, 2.05) is 37.4 Å². The van der Waals surface area contributed by atoms with Gasteiger partial charge in [-0.1, -0.05) is 24.3 Å². The van der Waals surface area contributed by atoms with E-state index >= 15 is 0 Å². The van der Waals surface area contributed by atoms with Gasteiger partial charge in [-0.25, -0.2) is 0 Å². The molecule has 0 aliphatic heterocycles. The number of allylic oxidation sites excluding steroid dienone is 2. The van der Waals surface area contributed by atoms with Crippen LogP contribution in [0.3, 0.4) is 0 Å². The van der Waals surface area contributed by atoms with Gasteiger partial charge in [-0.3, -0.25) is 0 Å². The van der Waals surface area contributed by atoms with Crippen molar-refractivity contribution in [1.29, 1.82) is 0 Å². The zero-order chi connectivity index (χ0) is 16.8. The Kier molecular flexibility index (Phi) is 5.61. The Morgan fingerprint density at radius 3 is 2.39 bits per heavy atom. The second-order valence-electron chi connectivity index (χ2n) is 5.51. The lowest BCUT2D eigenvalue weighted by atomic mass is 9.95. The van der Waals surface area contributed by atoms with Gasteiger partial charge in [0.15, 0.2) is 0 Å². The molecule has 3 N–H and O–H groups in total. The normalized spacial score (nSPS) is 10.5. The van der Waals surface area contributed by atoms with Gasteiger partial charge in [0.1, 0.15) is 11.5 Å². The zero-order valence-corrected chi connectivity index (χ0v) is 13.5. The maximum atomic E-state index is 10.6. The molecule has 0 heterocycles. The summed E-state index contributed by atoms with van der Waals surface area (Å²) in [4.78, 5) is 0. The van der Waals surface area contributed by atoms with E-state index in [1.165, 1.54) is 0 Å². The molecule has 0 atom stereocenters. The lowest BCUT2D eigenvalue weighted by molar-refractivity contribution is 0.466. The van der Waals surface area contributed by atoms with Gasteiger partial charge in [-0.05, 0) is 54.8 Å². The highest BCUT2D eigenvalue weighted by molar-refractivity contribution is 5.74. The van der Waals surface area contributed by atoms with Gasteiger partial charge >= 0.3 is 0 Å². The Morgan fingerprint density at radius 1 is 1.00 bits per heavy atom. The van der Waals surface area contributed by atoms with E-state index in [2.05, 4.69) is 18.5 Å². The summed E-state index contributed by atoms with van der Waals surface area (Å²) >= 11 is 0. The van der Waals surface area contributed by atoms with E-state index in [0.717, 1.165) is 34.2 Å². The molecule has 3 heteroatoms. The molecule has 0 saturated heterocycles. The fourth-order valence-electron chi connectivity index (χ4n) is 2.66. The van der Waals surface area contributed by atoms with E-state index in [1.54, 1.807) is 12.1 Å². The summed E-state index contributed by atoms with van der Waals surface area (Å²) in [7, 11) is 1.85. The van der Waals surface area contributed by atoms with Crippen LogP contribution in [0.2, 0.25) is 0 Å². The molecule has 0 aromatic heterocycles. The SMILES string of the molecule is C=CCc1cc(CNC)c(O)c(-c2ccc(O)c(CC=C)c2)c1. The Bertz CT molecular complexity index is 720. The topological polar surface area (TPSA) is 52.5 Å². The monoisotopic (exact) mass is 309 g/mol. The van der Waals surface area contributed by atoms with Gasteiger partial charge in [0.25, 0.3) is 0 Å². The molecule has 23 heavy (non-hydrogen) atoms. The van der Waals surface area contributed by atoms with E-state index in [-0.39, 0.29) is 11.5 Å². The summed E-state index contributed by atoms with van der Waals surface area (Å²) in [6.45, 7) is 8.08. The quantitative estimate of drug-likeness (QED) is 0.679. The Labute approximate surface area is 137 Å². The molecule has 0 saturated carbocycles. The molecule has 0 spiro atoms. The third-order valence-corrected chi connectivity index (χ3v) is 3.75. The largest absolute Gasteiger partial charge is 0.508 e. The molecule has 2 aromatic rings. The summed E-state index contributed by atoms with van der Waals surface area (Å²) in [5.41, 5.74) is 4.37. The molecule has 3 nitrogen and oxygen atoms in total. The smallest absolute Gasteiger partial charge is 0.127 e. The fourth-order valence-corrected chi connectivity index (χ4v) is 2.66. The molecular weight excluding hydrogens is 286 g/mol. The standard InChI is InChI=1S/C20H23NO2/c1-4-6-14-10-17(13-21-3)20(23)18(11-14)15-8-9-19(22)16(12-15)7-5-2/h4-5,8-12,21-23H,1-2,6-7,13H2,3H3. The maximum Gasteiger partial charge on any atom is 0.127 e. The van der Waals surface area contributed by atoms with E-state index in [4.69, 9.17) is 0 Å². The highest BCUT2D eigenvalue weighted by Crippen LogP contribution is 2.36. The summed E-state index contributed by atoms with van der Waals surface area (Å²) < 4.78 is 0. The number of aromatic hydroxyl groups is 2. The molecule has 2 aromatic carbocycles. The summed E-state index contributed by atoms with van der Waals surface area (Å²) in [5.74, 6) is 0.508. The molecule has 0 amide bonds. The van der Waals surface area contributed by atoms with Gasteiger partial charge in [-0.2, -0.15) is 0 Å². The highest BCUT2D eigenvalue weighted by atomic mass is 16.3. The predicted molar refractivity (Wildman–Crippen MR) is 95.8 cm³/mol. The van der Waals surface area contributed by atoms with Crippen LogP contribution in [-0.2, 0) is 19.4 Å². The first-order valence-corrected chi connectivity index (χ1v) is 7.64. The average Bonchev–Trinajstić information content (AvgIpc) is 2.53. The van der Waals surface area contributed by atoms with Crippen molar-refractivity contribution in [2.45, 2.75) is 19.4 Å². The van der Waals surface area contributed by atoms with Gasteiger partial charge in [0, 0.05) is 17.7 Å². The van der Waals surface area contributed by atoms with Crippen LogP contribution >= 0.6 is 0 Å². The van der Waals surface area contributed by atoms with Gasteiger partial charge in [0.05, 0.1) is 0 Å². The van der Waals surface area contributed by atoms with Crippen molar-refractivity contribution in [2.75, 3.05) is 7.05 Å². The van der Waals surface area contributed by atoms with Crippen molar-refractivity contribution in [3.05, 3.63) is 72.3 Å². The third-order valence-electron chi connectivity index (χ3n) is 3.75. The molecule has 2 rings (SSSR count). The first-order valence-electron chi connectivity index (χ1n) is 7.64. The van der Waals surface area contributed by atoms with Crippen LogP contribution in [0.5, 0.6) is 11.5 Å². The van der Waals surface area contributed by atoms with E-state index in [0.29, 0.717) is 13.0 Å². The molecule has 0 radical (unpaired) electrons. The molecule has 0 aliphatic carbocycles. The number of phenolic OH excluding ortho intramolecular Hbond substituents is 2. The van der Waals surface area contributed by atoms with E-state index in [9.17, 15) is 10.2 Å². The van der Waals surface area contributed by atoms with Crippen LogP contribution in [0.1, 0.15) is 16.7 Å². The van der Waals surface area contributed by atoms with Crippen LogP contribution < -0.4 is 5.32 Å². The van der Waals surface area contributed by atoms with Crippen molar-refractivity contribution in [1.82, 2.24) is 5.32 Å². The Hall–Kier alpha value is -2.52. The lowest BCUT2D eigenvalue weighted by Crippen LogP contribution is -2.06. The number of benzene rings is 2. The first kappa shape index (κ1) is 16.8. The number of phenols is 2. The minimum absolute atomic E-state index is 0.242. The summed E-state index contributed by atoms with van der Waals surface area (Å²) in [6, 6.07) is 9.33.